The monoisotopic (exact) mass is 390 g/mol. The SMILES string of the molecule is CC/C(=C\C(=O)O)C(=O)O.O=C(O)C(Cl)(c1ccccc1)c1ccccc1. The highest BCUT2D eigenvalue weighted by Gasteiger charge is 2.39. The van der Waals surface area contributed by atoms with Gasteiger partial charge in [0.25, 0.3) is 0 Å². The van der Waals surface area contributed by atoms with Crippen molar-refractivity contribution >= 4 is 29.5 Å². The summed E-state index contributed by atoms with van der Waals surface area (Å²) in [6.07, 6.45) is 0.921. The van der Waals surface area contributed by atoms with Crippen molar-refractivity contribution < 1.29 is 29.7 Å². The Hall–Kier alpha value is -3.12. The molecular formula is C20H19ClO6. The average Bonchev–Trinajstić information content (AvgIpc) is 2.66. The number of alkyl halides is 1. The molecule has 0 fully saturated rings. The molecule has 0 unspecified atom stereocenters. The number of carboxylic acids is 3. The minimum Gasteiger partial charge on any atom is -0.479 e. The molecule has 2 aromatic rings. The normalized spacial score (nSPS) is 11.1. The molecule has 2 rings (SSSR count). The van der Waals surface area contributed by atoms with Crippen LogP contribution < -0.4 is 0 Å². The zero-order valence-corrected chi connectivity index (χ0v) is 15.3. The second kappa shape index (κ2) is 10.1. The van der Waals surface area contributed by atoms with Gasteiger partial charge in [0.1, 0.15) is 0 Å². The number of rotatable bonds is 6. The molecule has 0 aliphatic rings. The van der Waals surface area contributed by atoms with Gasteiger partial charge in [-0.25, -0.2) is 14.4 Å². The van der Waals surface area contributed by atoms with Crippen molar-refractivity contribution in [2.24, 2.45) is 0 Å². The van der Waals surface area contributed by atoms with Crippen molar-refractivity contribution in [2.45, 2.75) is 18.2 Å². The molecule has 0 aliphatic carbocycles. The maximum atomic E-state index is 11.5. The molecule has 2 aromatic carbocycles. The zero-order chi connectivity index (χ0) is 20.4. The molecule has 3 N–H and O–H groups in total. The van der Waals surface area contributed by atoms with E-state index in [9.17, 15) is 19.5 Å². The van der Waals surface area contributed by atoms with Crippen LogP contribution in [-0.2, 0) is 19.3 Å². The molecule has 0 aliphatic heterocycles. The van der Waals surface area contributed by atoms with Gasteiger partial charge in [-0.1, -0.05) is 79.2 Å². The van der Waals surface area contributed by atoms with Gasteiger partial charge in [0.2, 0.25) is 0 Å². The van der Waals surface area contributed by atoms with Crippen LogP contribution in [0.4, 0.5) is 0 Å². The van der Waals surface area contributed by atoms with Gasteiger partial charge in [-0.05, 0) is 17.5 Å². The summed E-state index contributed by atoms with van der Waals surface area (Å²) in [6, 6.07) is 17.6. The Morgan fingerprint density at radius 1 is 0.889 bits per heavy atom. The third kappa shape index (κ3) is 5.97. The molecule has 27 heavy (non-hydrogen) atoms. The van der Waals surface area contributed by atoms with E-state index in [1.54, 1.807) is 55.5 Å². The average molecular weight is 391 g/mol. The number of carbonyl (C=O) groups is 3. The Bertz CT molecular complexity index is 775. The standard InChI is InChI=1S/C14H11ClO2.C6H8O4/c15-14(13(16)17,11-7-3-1-4-8-11)12-9-5-2-6-10-12;1-2-4(6(9)10)3-5(7)8/h1-10H,(H,16,17);3H,2H2,1H3,(H,7,8)(H,9,10)/b;4-3+. The van der Waals surface area contributed by atoms with Gasteiger partial charge in [0.05, 0.1) is 0 Å². The Kier molecular flexibility index (Phi) is 8.23. The zero-order valence-electron chi connectivity index (χ0n) is 14.5. The number of hydrogen-bond donors (Lipinski definition) is 3. The summed E-state index contributed by atoms with van der Waals surface area (Å²) in [4.78, 5) is 30.0. The summed E-state index contributed by atoms with van der Waals surface area (Å²) < 4.78 is 0. The van der Waals surface area contributed by atoms with Gasteiger partial charge in [0, 0.05) is 11.6 Å². The number of benzene rings is 2. The molecule has 0 saturated carbocycles. The van der Waals surface area contributed by atoms with Crippen molar-refractivity contribution in [2.75, 3.05) is 0 Å². The minimum absolute atomic E-state index is 0.0903. The predicted molar refractivity (Wildman–Crippen MR) is 101 cm³/mol. The summed E-state index contributed by atoms with van der Waals surface area (Å²) in [6.45, 7) is 1.59. The molecule has 142 valence electrons. The van der Waals surface area contributed by atoms with Gasteiger partial charge < -0.3 is 15.3 Å². The van der Waals surface area contributed by atoms with E-state index in [4.69, 9.17) is 21.8 Å². The molecule has 0 saturated heterocycles. The number of carboxylic acid groups (broad SMARTS) is 3. The maximum absolute atomic E-state index is 11.5. The second-order valence-electron chi connectivity index (χ2n) is 5.36. The van der Waals surface area contributed by atoms with Crippen LogP contribution in [0.15, 0.2) is 72.3 Å². The van der Waals surface area contributed by atoms with E-state index in [0.29, 0.717) is 17.2 Å². The molecule has 0 radical (unpaired) electrons. The van der Waals surface area contributed by atoms with Crippen molar-refractivity contribution in [1.29, 1.82) is 0 Å². The Morgan fingerprint density at radius 2 is 1.30 bits per heavy atom. The van der Waals surface area contributed by atoms with Gasteiger partial charge in [-0.3, -0.25) is 0 Å². The quantitative estimate of drug-likeness (QED) is 0.511. The Morgan fingerprint density at radius 3 is 1.52 bits per heavy atom. The number of aliphatic carboxylic acids is 3. The smallest absolute Gasteiger partial charge is 0.334 e. The van der Waals surface area contributed by atoms with Crippen LogP contribution >= 0.6 is 11.6 Å². The van der Waals surface area contributed by atoms with Gasteiger partial charge in [-0.2, -0.15) is 0 Å². The number of hydrogen-bond acceptors (Lipinski definition) is 3. The fourth-order valence-electron chi connectivity index (χ4n) is 2.21. The molecular weight excluding hydrogens is 372 g/mol. The van der Waals surface area contributed by atoms with Gasteiger partial charge in [0.15, 0.2) is 4.87 Å². The first-order valence-corrected chi connectivity index (χ1v) is 8.31. The van der Waals surface area contributed by atoms with E-state index < -0.39 is 22.8 Å². The highest BCUT2D eigenvalue weighted by molar-refractivity contribution is 6.35. The highest BCUT2D eigenvalue weighted by Crippen LogP contribution is 2.36. The Balaban J connectivity index is 0.000000314. The molecule has 0 aromatic heterocycles. The third-order valence-corrected chi connectivity index (χ3v) is 4.19. The van der Waals surface area contributed by atoms with Crippen LogP contribution in [0, 0.1) is 0 Å². The maximum Gasteiger partial charge on any atom is 0.334 e. The minimum atomic E-state index is -1.53. The summed E-state index contributed by atoms with van der Waals surface area (Å²) >= 11 is 6.33. The summed E-state index contributed by atoms with van der Waals surface area (Å²) in [5.41, 5.74) is 1.02. The molecule has 0 heterocycles. The fraction of sp³-hybridized carbons (Fsp3) is 0.150. The van der Waals surface area contributed by atoms with E-state index in [1.807, 2.05) is 12.1 Å². The molecule has 0 spiro atoms. The Labute approximate surface area is 161 Å². The van der Waals surface area contributed by atoms with Crippen LogP contribution in [0.1, 0.15) is 24.5 Å². The van der Waals surface area contributed by atoms with E-state index in [0.717, 1.165) is 0 Å². The van der Waals surface area contributed by atoms with Gasteiger partial charge in [-0.15, -0.1) is 0 Å². The molecule has 0 atom stereocenters. The molecule has 0 bridgehead atoms. The molecule has 0 amide bonds. The summed E-state index contributed by atoms with van der Waals surface area (Å²) in [5, 5.41) is 25.8. The van der Waals surface area contributed by atoms with E-state index in [1.165, 1.54) is 0 Å². The molecule has 6 nitrogen and oxygen atoms in total. The third-order valence-electron chi connectivity index (χ3n) is 3.59. The summed E-state index contributed by atoms with van der Waals surface area (Å²) in [7, 11) is 0. The van der Waals surface area contributed by atoms with Crippen LogP contribution in [0.2, 0.25) is 0 Å². The van der Waals surface area contributed by atoms with Crippen molar-refractivity contribution in [1.82, 2.24) is 0 Å². The topological polar surface area (TPSA) is 112 Å². The second-order valence-corrected chi connectivity index (χ2v) is 5.93. The lowest BCUT2D eigenvalue weighted by Crippen LogP contribution is -2.30. The van der Waals surface area contributed by atoms with E-state index in [2.05, 4.69) is 0 Å². The fourth-order valence-corrected chi connectivity index (χ4v) is 2.47. The van der Waals surface area contributed by atoms with Crippen LogP contribution in [0.25, 0.3) is 0 Å². The van der Waals surface area contributed by atoms with Crippen molar-refractivity contribution in [3.8, 4) is 0 Å². The van der Waals surface area contributed by atoms with Crippen molar-refractivity contribution in [3.05, 3.63) is 83.4 Å². The van der Waals surface area contributed by atoms with Crippen LogP contribution in [-0.4, -0.2) is 33.2 Å². The van der Waals surface area contributed by atoms with E-state index in [-0.39, 0.29) is 12.0 Å². The summed E-state index contributed by atoms with van der Waals surface area (Å²) in [5.74, 6) is -3.47. The first kappa shape index (κ1) is 21.9. The first-order valence-electron chi connectivity index (χ1n) is 7.93. The van der Waals surface area contributed by atoms with E-state index >= 15 is 0 Å². The van der Waals surface area contributed by atoms with Crippen LogP contribution in [0.3, 0.4) is 0 Å². The lowest BCUT2D eigenvalue weighted by atomic mass is 9.90. The van der Waals surface area contributed by atoms with Crippen LogP contribution in [0.5, 0.6) is 0 Å². The lowest BCUT2D eigenvalue weighted by Gasteiger charge is -2.23. The van der Waals surface area contributed by atoms with Gasteiger partial charge >= 0.3 is 17.9 Å². The highest BCUT2D eigenvalue weighted by atomic mass is 35.5. The molecule has 7 heteroatoms. The lowest BCUT2D eigenvalue weighted by molar-refractivity contribution is -0.139. The largest absolute Gasteiger partial charge is 0.479 e. The number of halogens is 1. The first-order chi connectivity index (χ1) is 12.7. The van der Waals surface area contributed by atoms with Crippen molar-refractivity contribution in [3.63, 3.8) is 0 Å². The predicted octanol–water partition coefficient (Wildman–Crippen LogP) is 3.75.